The van der Waals surface area contributed by atoms with Gasteiger partial charge in [0.1, 0.15) is 6.10 Å². The Morgan fingerprint density at radius 3 is 2.62 bits per heavy atom. The zero-order valence-electron chi connectivity index (χ0n) is 11.0. The van der Waals surface area contributed by atoms with E-state index in [2.05, 4.69) is 15.0 Å². The van der Waals surface area contributed by atoms with E-state index in [9.17, 15) is 20.1 Å². The molecule has 0 aliphatic carbocycles. The van der Waals surface area contributed by atoms with Crippen LogP contribution in [0, 0.1) is 0 Å². The maximum Gasteiger partial charge on any atom is 0.280 e. The Hall–Kier alpha value is -2.01. The fraction of sp³-hybridized carbons (Fsp3) is 0.545. The molecular formula is C11H17N5O5. The van der Waals surface area contributed by atoms with E-state index in [1.165, 1.54) is 10.9 Å². The van der Waals surface area contributed by atoms with Crippen LogP contribution < -0.4 is 11.3 Å². The molecule has 0 saturated carbocycles. The molecule has 2 heterocycles. The van der Waals surface area contributed by atoms with Gasteiger partial charge in [-0.1, -0.05) is 0 Å². The molecule has 116 valence electrons. The molecule has 2 aromatic heterocycles. The number of aliphatic hydroxyl groups excluding tert-OH is 4. The predicted octanol–water partition coefficient (Wildman–Crippen LogP) is -2.66. The van der Waals surface area contributed by atoms with Crippen LogP contribution in [0.25, 0.3) is 11.2 Å². The Bertz CT molecular complexity index is 669. The first-order valence-corrected chi connectivity index (χ1v) is 6.28. The molecule has 2 aromatic rings. The molecule has 0 saturated heterocycles. The highest BCUT2D eigenvalue weighted by Crippen LogP contribution is 2.19. The number of aliphatic hydroxyl groups is 4. The lowest BCUT2D eigenvalue weighted by Crippen LogP contribution is -2.32. The molecule has 0 spiro atoms. The van der Waals surface area contributed by atoms with Gasteiger partial charge in [-0.2, -0.15) is 4.98 Å². The number of nitrogen functional groups attached to an aromatic ring is 1. The Morgan fingerprint density at radius 2 is 2.00 bits per heavy atom. The van der Waals surface area contributed by atoms with E-state index in [0.29, 0.717) is 0 Å². The molecule has 0 aromatic carbocycles. The Kier molecular flexibility index (Phi) is 4.53. The van der Waals surface area contributed by atoms with Gasteiger partial charge < -0.3 is 30.7 Å². The van der Waals surface area contributed by atoms with Gasteiger partial charge in [-0.3, -0.25) is 9.78 Å². The second-order valence-corrected chi connectivity index (χ2v) is 4.66. The van der Waals surface area contributed by atoms with E-state index in [-0.39, 0.29) is 30.1 Å². The third kappa shape index (κ3) is 3.03. The van der Waals surface area contributed by atoms with Crippen molar-refractivity contribution in [3.8, 4) is 0 Å². The van der Waals surface area contributed by atoms with Crippen molar-refractivity contribution in [1.29, 1.82) is 0 Å². The minimum Gasteiger partial charge on any atom is -0.394 e. The zero-order chi connectivity index (χ0) is 15.6. The number of hydrogen-bond acceptors (Lipinski definition) is 8. The van der Waals surface area contributed by atoms with Crippen LogP contribution >= 0.6 is 0 Å². The highest BCUT2D eigenvalue weighted by Gasteiger charge is 2.23. The van der Waals surface area contributed by atoms with E-state index < -0.39 is 30.4 Å². The fourth-order valence-corrected chi connectivity index (χ4v) is 2.04. The van der Waals surface area contributed by atoms with Crippen LogP contribution in [0.15, 0.2) is 11.1 Å². The summed E-state index contributed by atoms with van der Waals surface area (Å²) in [6.07, 6.45) is -1.33. The summed E-state index contributed by atoms with van der Waals surface area (Å²) < 4.78 is 1.40. The van der Waals surface area contributed by atoms with E-state index >= 15 is 0 Å². The lowest BCUT2D eigenvalue weighted by atomic mass is 10.1. The molecule has 0 unspecified atom stereocenters. The maximum atomic E-state index is 11.7. The lowest BCUT2D eigenvalue weighted by Gasteiger charge is -2.22. The van der Waals surface area contributed by atoms with E-state index in [1.807, 2.05) is 0 Å². The molecule has 7 N–H and O–H groups in total. The molecule has 0 aliphatic rings. The number of nitrogens with one attached hydrogen (secondary N) is 1. The number of hydrogen-bond donors (Lipinski definition) is 6. The van der Waals surface area contributed by atoms with Crippen molar-refractivity contribution in [3.63, 3.8) is 0 Å². The predicted molar refractivity (Wildman–Crippen MR) is 72.4 cm³/mol. The maximum absolute atomic E-state index is 11.7. The highest BCUT2D eigenvalue weighted by atomic mass is 16.4. The smallest absolute Gasteiger partial charge is 0.280 e. The summed E-state index contributed by atoms with van der Waals surface area (Å²) in [5, 5.41) is 37.4. The van der Waals surface area contributed by atoms with Gasteiger partial charge in [-0.05, 0) is 6.42 Å². The number of rotatable bonds is 6. The quantitative estimate of drug-likeness (QED) is 0.335. The summed E-state index contributed by atoms with van der Waals surface area (Å²) in [5.41, 5.74) is 5.19. The van der Waals surface area contributed by atoms with Crippen molar-refractivity contribution < 1.29 is 20.4 Å². The Labute approximate surface area is 118 Å². The Balaban J connectivity index is 2.37. The van der Waals surface area contributed by atoms with Gasteiger partial charge in [0.15, 0.2) is 11.2 Å². The molecule has 0 fully saturated rings. The van der Waals surface area contributed by atoms with Crippen LogP contribution in [0.2, 0.25) is 0 Å². The molecule has 10 nitrogen and oxygen atoms in total. The van der Waals surface area contributed by atoms with Gasteiger partial charge in [-0.25, -0.2) is 4.98 Å². The number of H-pyrrole nitrogens is 1. The van der Waals surface area contributed by atoms with Crippen LogP contribution in [0.4, 0.5) is 5.95 Å². The zero-order valence-corrected chi connectivity index (χ0v) is 11.0. The van der Waals surface area contributed by atoms with E-state index in [0.717, 1.165) is 0 Å². The van der Waals surface area contributed by atoms with Crippen LogP contribution in [-0.2, 0) is 0 Å². The van der Waals surface area contributed by atoms with Gasteiger partial charge in [0, 0.05) is 0 Å². The lowest BCUT2D eigenvalue weighted by molar-refractivity contribution is -0.0268. The first-order chi connectivity index (χ1) is 9.97. The monoisotopic (exact) mass is 299 g/mol. The minimum atomic E-state index is -1.32. The van der Waals surface area contributed by atoms with Crippen molar-refractivity contribution in [2.45, 2.75) is 24.7 Å². The third-order valence-corrected chi connectivity index (χ3v) is 3.20. The number of aromatic amines is 1. The molecule has 0 bridgehead atoms. The highest BCUT2D eigenvalue weighted by molar-refractivity contribution is 5.70. The van der Waals surface area contributed by atoms with Crippen LogP contribution in [0.3, 0.4) is 0 Å². The number of nitrogens with two attached hydrogens (primary N) is 1. The molecule has 2 rings (SSSR count). The van der Waals surface area contributed by atoms with Gasteiger partial charge in [0.05, 0.1) is 31.7 Å². The number of nitrogens with zero attached hydrogens (tertiary/aromatic N) is 3. The van der Waals surface area contributed by atoms with Gasteiger partial charge in [0.2, 0.25) is 5.95 Å². The van der Waals surface area contributed by atoms with Crippen molar-refractivity contribution in [3.05, 3.63) is 16.7 Å². The summed E-state index contributed by atoms with van der Waals surface area (Å²) in [6.45, 7) is -0.982. The number of anilines is 1. The molecule has 0 aliphatic heterocycles. The van der Waals surface area contributed by atoms with Crippen molar-refractivity contribution in [2.75, 3.05) is 18.9 Å². The average Bonchev–Trinajstić information content (AvgIpc) is 2.87. The van der Waals surface area contributed by atoms with Gasteiger partial charge >= 0.3 is 0 Å². The van der Waals surface area contributed by atoms with Crippen molar-refractivity contribution in [2.24, 2.45) is 0 Å². The summed E-state index contributed by atoms with van der Waals surface area (Å²) in [4.78, 5) is 21.8. The largest absolute Gasteiger partial charge is 0.394 e. The first kappa shape index (κ1) is 15.4. The number of aromatic nitrogens is 4. The molecule has 21 heavy (non-hydrogen) atoms. The summed E-state index contributed by atoms with van der Waals surface area (Å²) in [6, 6.07) is -0.681. The first-order valence-electron chi connectivity index (χ1n) is 6.28. The van der Waals surface area contributed by atoms with Crippen LogP contribution in [0.1, 0.15) is 12.5 Å². The van der Waals surface area contributed by atoms with Crippen molar-refractivity contribution >= 4 is 17.1 Å². The molecule has 3 atom stereocenters. The summed E-state index contributed by atoms with van der Waals surface area (Å²) in [5.74, 6) is -0.0955. The fourth-order valence-electron chi connectivity index (χ4n) is 2.04. The van der Waals surface area contributed by atoms with E-state index in [4.69, 9.17) is 10.8 Å². The van der Waals surface area contributed by atoms with Crippen molar-refractivity contribution in [1.82, 2.24) is 19.5 Å². The second-order valence-electron chi connectivity index (χ2n) is 4.66. The topological polar surface area (TPSA) is 171 Å². The summed E-state index contributed by atoms with van der Waals surface area (Å²) in [7, 11) is 0. The van der Waals surface area contributed by atoms with Crippen LogP contribution in [-0.4, -0.2) is 65.4 Å². The van der Waals surface area contributed by atoms with Crippen LogP contribution in [0.5, 0.6) is 0 Å². The molecule has 10 heteroatoms. The second kappa shape index (κ2) is 6.18. The Morgan fingerprint density at radius 1 is 1.29 bits per heavy atom. The standard InChI is InChI=1S/C11H17N5O5/c12-11-14-9-8(10(21)15-11)13-4-16(9)5(2-17)1-6(19)7(20)3-18/h4-7,17-20H,1-3H2,(H3,12,14,15,21)/t5-,6+,7-/m1/s1. The third-order valence-electron chi connectivity index (χ3n) is 3.20. The van der Waals surface area contributed by atoms with E-state index in [1.54, 1.807) is 0 Å². The SMILES string of the molecule is Nc1nc2c(ncn2[C@@H](CO)C[C@H](O)[C@H](O)CO)c(=O)[nH]1. The summed E-state index contributed by atoms with van der Waals surface area (Å²) >= 11 is 0. The average molecular weight is 299 g/mol. The molecule has 0 radical (unpaired) electrons. The minimum absolute atomic E-state index is 0.0554. The normalized spacial score (nSPS) is 16.0. The van der Waals surface area contributed by atoms with Gasteiger partial charge in [0.25, 0.3) is 5.56 Å². The molecular weight excluding hydrogens is 282 g/mol. The van der Waals surface area contributed by atoms with Gasteiger partial charge in [-0.15, -0.1) is 0 Å². The molecule has 0 amide bonds. The number of imidazole rings is 1. The number of fused-ring (bicyclic) bond motifs is 1.